The number of hydrogen-bond acceptors (Lipinski definition) is 4. The average Bonchev–Trinajstić information content (AvgIpc) is 2.60. The van der Waals surface area contributed by atoms with Crippen LogP contribution in [0.25, 0.3) is 0 Å². The monoisotopic (exact) mass is 290 g/mol. The first kappa shape index (κ1) is 15.5. The molecule has 2 rings (SSSR count). The lowest BCUT2D eigenvalue weighted by Gasteiger charge is -2.23. The topological polar surface area (TPSA) is 72.6 Å². The van der Waals surface area contributed by atoms with Gasteiger partial charge in [-0.05, 0) is 30.9 Å². The predicted octanol–water partition coefficient (Wildman–Crippen LogP) is 1.64. The van der Waals surface area contributed by atoms with Gasteiger partial charge in [-0.1, -0.05) is 31.5 Å². The fourth-order valence-corrected chi connectivity index (χ4v) is 2.41. The molecule has 0 fully saturated rings. The van der Waals surface area contributed by atoms with Crippen LogP contribution in [0, 0.1) is 0 Å². The molecule has 1 aliphatic rings. The summed E-state index contributed by atoms with van der Waals surface area (Å²) in [5.74, 6) is -0.604. The third-order valence-corrected chi connectivity index (χ3v) is 3.64. The van der Waals surface area contributed by atoms with E-state index in [4.69, 9.17) is 10.5 Å². The first-order valence-electron chi connectivity index (χ1n) is 7.44. The normalized spacial score (nSPS) is 18.1. The number of esters is 1. The number of fused-ring (bicyclic) bond motifs is 1. The predicted molar refractivity (Wildman–Crippen MR) is 81.0 cm³/mol. The molecule has 1 heterocycles. The van der Waals surface area contributed by atoms with Gasteiger partial charge in [-0.3, -0.25) is 14.5 Å². The quantitative estimate of drug-likeness (QED) is 0.661. The lowest BCUT2D eigenvalue weighted by atomic mass is 10.1. The third-order valence-electron chi connectivity index (χ3n) is 3.64. The minimum atomic E-state index is -0.569. The largest absolute Gasteiger partial charge is 0.464 e. The van der Waals surface area contributed by atoms with E-state index in [1.165, 1.54) is 4.90 Å². The molecule has 0 saturated carbocycles. The minimum Gasteiger partial charge on any atom is -0.464 e. The van der Waals surface area contributed by atoms with Gasteiger partial charge in [0.05, 0.1) is 12.6 Å². The van der Waals surface area contributed by atoms with Crippen LogP contribution in [-0.4, -0.2) is 31.1 Å². The van der Waals surface area contributed by atoms with Gasteiger partial charge in [0, 0.05) is 5.69 Å². The SMILES string of the molecule is CCCCOC(=O)CN1C(=O)[C@@H](N)CCc2ccccc21. The number of aryl methyl sites for hydroxylation is 1. The molecule has 2 N–H and O–H groups in total. The number of amides is 1. The Hall–Kier alpha value is -1.88. The molecule has 1 aromatic carbocycles. The van der Waals surface area contributed by atoms with E-state index in [1.807, 2.05) is 31.2 Å². The number of unbranched alkanes of at least 4 members (excludes halogenated alkanes) is 1. The second-order valence-corrected chi connectivity index (χ2v) is 5.27. The summed E-state index contributed by atoms with van der Waals surface area (Å²) in [6.45, 7) is 2.35. The number of carbonyl (C=O) groups excluding carboxylic acids is 2. The maximum atomic E-state index is 12.4. The highest BCUT2D eigenvalue weighted by Crippen LogP contribution is 2.26. The number of nitrogens with two attached hydrogens (primary N) is 1. The molecule has 0 radical (unpaired) electrons. The van der Waals surface area contributed by atoms with Crippen molar-refractivity contribution in [3.05, 3.63) is 29.8 Å². The number of para-hydroxylation sites is 1. The highest BCUT2D eigenvalue weighted by molar-refractivity contribution is 6.01. The summed E-state index contributed by atoms with van der Waals surface area (Å²) >= 11 is 0. The Labute approximate surface area is 125 Å². The van der Waals surface area contributed by atoms with Gasteiger partial charge in [-0.15, -0.1) is 0 Å². The summed E-state index contributed by atoms with van der Waals surface area (Å²) in [4.78, 5) is 25.7. The summed E-state index contributed by atoms with van der Waals surface area (Å²) < 4.78 is 5.15. The zero-order valence-electron chi connectivity index (χ0n) is 12.4. The first-order valence-corrected chi connectivity index (χ1v) is 7.44. The summed E-state index contributed by atoms with van der Waals surface area (Å²) in [5.41, 5.74) is 7.71. The Kier molecular flexibility index (Phi) is 5.33. The maximum Gasteiger partial charge on any atom is 0.326 e. The van der Waals surface area contributed by atoms with Crippen molar-refractivity contribution >= 4 is 17.6 Å². The van der Waals surface area contributed by atoms with Crippen LogP contribution in [-0.2, 0) is 20.7 Å². The molecule has 1 amide bonds. The molecule has 1 atom stereocenters. The van der Waals surface area contributed by atoms with Crippen molar-refractivity contribution in [3.8, 4) is 0 Å². The van der Waals surface area contributed by atoms with Crippen LogP contribution in [0.4, 0.5) is 5.69 Å². The van der Waals surface area contributed by atoms with E-state index < -0.39 is 6.04 Å². The Bertz CT molecular complexity index is 516. The van der Waals surface area contributed by atoms with E-state index in [0.29, 0.717) is 13.0 Å². The van der Waals surface area contributed by atoms with Crippen molar-refractivity contribution in [1.82, 2.24) is 0 Å². The number of anilines is 1. The number of carbonyl (C=O) groups is 2. The van der Waals surface area contributed by atoms with Gasteiger partial charge in [-0.2, -0.15) is 0 Å². The standard InChI is InChI=1S/C16H22N2O3/c1-2-3-10-21-15(19)11-18-14-7-5-4-6-12(14)8-9-13(17)16(18)20/h4-7,13H,2-3,8-11,17H2,1H3/t13-/m0/s1. The molecule has 0 aliphatic carbocycles. The van der Waals surface area contributed by atoms with Crippen molar-refractivity contribution in [2.75, 3.05) is 18.1 Å². The minimum absolute atomic E-state index is 0.0761. The van der Waals surface area contributed by atoms with Gasteiger partial charge in [0.25, 0.3) is 0 Å². The molecule has 114 valence electrons. The van der Waals surface area contributed by atoms with Crippen molar-refractivity contribution in [1.29, 1.82) is 0 Å². The molecule has 1 aromatic rings. The van der Waals surface area contributed by atoms with Gasteiger partial charge in [-0.25, -0.2) is 0 Å². The van der Waals surface area contributed by atoms with Crippen LogP contribution in [0.1, 0.15) is 31.7 Å². The number of benzene rings is 1. The van der Waals surface area contributed by atoms with Crippen LogP contribution >= 0.6 is 0 Å². The van der Waals surface area contributed by atoms with Crippen LogP contribution in [0.3, 0.4) is 0 Å². The van der Waals surface area contributed by atoms with Gasteiger partial charge < -0.3 is 10.5 Å². The number of ether oxygens (including phenoxy) is 1. The Morgan fingerprint density at radius 3 is 2.95 bits per heavy atom. The Morgan fingerprint density at radius 2 is 2.19 bits per heavy atom. The highest BCUT2D eigenvalue weighted by atomic mass is 16.5. The van der Waals surface area contributed by atoms with Gasteiger partial charge >= 0.3 is 5.97 Å². The van der Waals surface area contributed by atoms with E-state index in [2.05, 4.69) is 0 Å². The molecule has 0 spiro atoms. The summed E-state index contributed by atoms with van der Waals surface area (Å²) in [6, 6.07) is 7.04. The van der Waals surface area contributed by atoms with Crippen LogP contribution in [0.2, 0.25) is 0 Å². The molecule has 0 saturated heterocycles. The number of hydrogen-bond donors (Lipinski definition) is 1. The molecule has 1 aliphatic heterocycles. The zero-order valence-corrected chi connectivity index (χ0v) is 12.4. The third kappa shape index (κ3) is 3.82. The van der Waals surface area contributed by atoms with Gasteiger partial charge in [0.15, 0.2) is 0 Å². The molecule has 5 nitrogen and oxygen atoms in total. The van der Waals surface area contributed by atoms with Crippen LogP contribution < -0.4 is 10.6 Å². The van der Waals surface area contributed by atoms with E-state index in [1.54, 1.807) is 0 Å². The van der Waals surface area contributed by atoms with Crippen molar-refractivity contribution in [3.63, 3.8) is 0 Å². The van der Waals surface area contributed by atoms with E-state index >= 15 is 0 Å². The van der Waals surface area contributed by atoms with Crippen molar-refractivity contribution in [2.24, 2.45) is 5.73 Å². The summed E-state index contributed by atoms with van der Waals surface area (Å²) in [7, 11) is 0. The summed E-state index contributed by atoms with van der Waals surface area (Å²) in [5, 5.41) is 0. The molecule has 0 bridgehead atoms. The first-order chi connectivity index (χ1) is 10.1. The highest BCUT2D eigenvalue weighted by Gasteiger charge is 2.29. The van der Waals surface area contributed by atoms with E-state index in [0.717, 1.165) is 30.5 Å². The zero-order chi connectivity index (χ0) is 15.2. The van der Waals surface area contributed by atoms with E-state index in [-0.39, 0.29) is 18.4 Å². The lowest BCUT2D eigenvalue weighted by Crippen LogP contribution is -2.45. The van der Waals surface area contributed by atoms with Crippen LogP contribution in [0.15, 0.2) is 24.3 Å². The van der Waals surface area contributed by atoms with Crippen molar-refractivity contribution in [2.45, 2.75) is 38.6 Å². The Morgan fingerprint density at radius 1 is 1.43 bits per heavy atom. The van der Waals surface area contributed by atoms with E-state index in [9.17, 15) is 9.59 Å². The molecule has 0 aromatic heterocycles. The fourth-order valence-electron chi connectivity index (χ4n) is 2.41. The summed E-state index contributed by atoms with van der Waals surface area (Å²) in [6.07, 6.45) is 3.13. The molecule has 0 unspecified atom stereocenters. The second kappa shape index (κ2) is 7.22. The lowest BCUT2D eigenvalue weighted by molar-refractivity contribution is -0.143. The Balaban J connectivity index is 2.14. The molecular weight excluding hydrogens is 268 g/mol. The van der Waals surface area contributed by atoms with Gasteiger partial charge in [0.1, 0.15) is 6.54 Å². The number of nitrogens with zero attached hydrogens (tertiary/aromatic N) is 1. The van der Waals surface area contributed by atoms with Crippen molar-refractivity contribution < 1.29 is 14.3 Å². The smallest absolute Gasteiger partial charge is 0.326 e. The van der Waals surface area contributed by atoms with Crippen LogP contribution in [0.5, 0.6) is 0 Å². The average molecular weight is 290 g/mol. The molecule has 5 heteroatoms. The van der Waals surface area contributed by atoms with Gasteiger partial charge in [0.2, 0.25) is 5.91 Å². The molecule has 21 heavy (non-hydrogen) atoms. The molecular formula is C16H22N2O3. The number of rotatable bonds is 5. The fraction of sp³-hybridized carbons (Fsp3) is 0.500. The second-order valence-electron chi connectivity index (χ2n) is 5.27. The maximum absolute atomic E-state index is 12.4.